The maximum Gasteiger partial charge on any atom is 0.323 e. The van der Waals surface area contributed by atoms with Crippen molar-refractivity contribution in [3.05, 3.63) is 39.4 Å². The molecule has 0 saturated heterocycles. The van der Waals surface area contributed by atoms with Crippen molar-refractivity contribution in [3.8, 4) is 0 Å². The van der Waals surface area contributed by atoms with Crippen LogP contribution in [0.5, 0.6) is 0 Å². The lowest BCUT2D eigenvalue weighted by atomic mass is 10.1. The van der Waals surface area contributed by atoms with E-state index in [2.05, 4.69) is 0 Å². The summed E-state index contributed by atoms with van der Waals surface area (Å²) in [5.74, 6) is -1.60. The first-order valence-electron chi connectivity index (χ1n) is 5.05. The number of nitro benzene ring substituents is 1. The van der Waals surface area contributed by atoms with Gasteiger partial charge in [0.1, 0.15) is 6.54 Å². The molecule has 1 aromatic rings. The van der Waals surface area contributed by atoms with Crippen LogP contribution in [0.4, 0.5) is 5.69 Å². The van der Waals surface area contributed by atoms with Gasteiger partial charge in [-0.1, -0.05) is 0 Å². The summed E-state index contributed by atoms with van der Waals surface area (Å²) in [6.07, 6.45) is 0. The predicted molar refractivity (Wildman–Crippen MR) is 62.4 cm³/mol. The number of amides is 1. The third-order valence-corrected chi connectivity index (χ3v) is 2.37. The number of rotatable bonds is 4. The number of hydrogen-bond donors (Lipinski definition) is 1. The molecule has 1 amide bonds. The SMILES string of the molecule is Cc1cc([N+](=O)[O-])ccc1C(=O)N(C)CC(=O)O. The Bertz CT molecular complexity index is 512. The van der Waals surface area contributed by atoms with Gasteiger partial charge >= 0.3 is 5.97 Å². The van der Waals surface area contributed by atoms with Gasteiger partial charge < -0.3 is 10.0 Å². The van der Waals surface area contributed by atoms with Gasteiger partial charge in [0.25, 0.3) is 11.6 Å². The van der Waals surface area contributed by atoms with Crippen LogP contribution in [0.25, 0.3) is 0 Å². The van der Waals surface area contributed by atoms with E-state index in [4.69, 9.17) is 5.11 Å². The highest BCUT2D eigenvalue weighted by atomic mass is 16.6. The maximum atomic E-state index is 11.9. The third kappa shape index (κ3) is 3.03. The Hall–Kier alpha value is -2.44. The molecular weight excluding hydrogens is 240 g/mol. The summed E-state index contributed by atoms with van der Waals surface area (Å²) in [5, 5.41) is 19.1. The zero-order valence-electron chi connectivity index (χ0n) is 9.91. The number of carboxylic acids is 1. The first kappa shape index (κ1) is 13.6. The molecule has 18 heavy (non-hydrogen) atoms. The Kier molecular flexibility index (Phi) is 3.98. The van der Waals surface area contributed by atoms with Gasteiger partial charge in [-0.05, 0) is 18.6 Å². The molecule has 1 aromatic carbocycles. The molecule has 0 heterocycles. The zero-order valence-corrected chi connectivity index (χ0v) is 9.91. The van der Waals surface area contributed by atoms with Crippen molar-refractivity contribution in [2.75, 3.05) is 13.6 Å². The zero-order chi connectivity index (χ0) is 13.9. The van der Waals surface area contributed by atoms with Crippen molar-refractivity contribution >= 4 is 17.6 Å². The summed E-state index contributed by atoms with van der Waals surface area (Å²) in [5.41, 5.74) is 0.584. The van der Waals surface area contributed by atoms with Crippen LogP contribution < -0.4 is 0 Å². The number of nitro groups is 1. The molecule has 7 nitrogen and oxygen atoms in total. The molecule has 1 rings (SSSR count). The van der Waals surface area contributed by atoms with Gasteiger partial charge in [0.15, 0.2) is 0 Å². The Morgan fingerprint density at radius 2 is 2.06 bits per heavy atom. The molecule has 0 atom stereocenters. The van der Waals surface area contributed by atoms with E-state index in [1.165, 1.54) is 25.2 Å². The largest absolute Gasteiger partial charge is 0.480 e. The molecule has 7 heteroatoms. The molecule has 96 valence electrons. The van der Waals surface area contributed by atoms with Crippen LogP contribution in [0.2, 0.25) is 0 Å². The second-order valence-electron chi connectivity index (χ2n) is 3.81. The normalized spacial score (nSPS) is 9.89. The average molecular weight is 252 g/mol. The number of hydrogen-bond acceptors (Lipinski definition) is 4. The van der Waals surface area contributed by atoms with Crippen LogP contribution in [0.3, 0.4) is 0 Å². The summed E-state index contributed by atoms with van der Waals surface area (Å²) in [6, 6.07) is 3.82. The topological polar surface area (TPSA) is 101 Å². The maximum absolute atomic E-state index is 11.9. The summed E-state index contributed by atoms with van der Waals surface area (Å²) >= 11 is 0. The minimum Gasteiger partial charge on any atom is -0.480 e. The van der Waals surface area contributed by atoms with E-state index in [0.29, 0.717) is 5.56 Å². The first-order chi connectivity index (χ1) is 8.32. The summed E-state index contributed by atoms with van der Waals surface area (Å²) < 4.78 is 0. The van der Waals surface area contributed by atoms with Crippen molar-refractivity contribution in [1.29, 1.82) is 0 Å². The van der Waals surface area contributed by atoms with Crippen LogP contribution in [0, 0.1) is 17.0 Å². The Morgan fingerprint density at radius 3 is 2.50 bits per heavy atom. The molecule has 0 fully saturated rings. The molecule has 0 aliphatic carbocycles. The van der Waals surface area contributed by atoms with E-state index in [9.17, 15) is 19.7 Å². The van der Waals surface area contributed by atoms with Gasteiger partial charge in [0.2, 0.25) is 0 Å². The highest BCUT2D eigenvalue weighted by Crippen LogP contribution is 2.18. The molecule has 0 bridgehead atoms. The average Bonchev–Trinajstić information content (AvgIpc) is 2.26. The van der Waals surface area contributed by atoms with Crippen LogP contribution >= 0.6 is 0 Å². The van der Waals surface area contributed by atoms with Gasteiger partial charge in [-0.25, -0.2) is 0 Å². The van der Waals surface area contributed by atoms with Crippen LogP contribution in [-0.4, -0.2) is 40.4 Å². The van der Waals surface area contributed by atoms with Crippen molar-refractivity contribution in [2.24, 2.45) is 0 Å². The lowest BCUT2D eigenvalue weighted by Gasteiger charge is -2.15. The highest BCUT2D eigenvalue weighted by Gasteiger charge is 2.18. The molecule has 1 N–H and O–H groups in total. The van der Waals surface area contributed by atoms with E-state index in [1.54, 1.807) is 6.92 Å². The molecule has 0 aromatic heterocycles. The first-order valence-corrected chi connectivity index (χ1v) is 5.05. The molecule has 0 aliphatic rings. The van der Waals surface area contributed by atoms with E-state index >= 15 is 0 Å². The fourth-order valence-electron chi connectivity index (χ4n) is 1.48. The number of benzene rings is 1. The van der Waals surface area contributed by atoms with E-state index in [0.717, 1.165) is 4.90 Å². The van der Waals surface area contributed by atoms with Gasteiger partial charge in [-0.2, -0.15) is 0 Å². The van der Waals surface area contributed by atoms with Gasteiger partial charge in [0, 0.05) is 24.7 Å². The monoisotopic (exact) mass is 252 g/mol. The quantitative estimate of drug-likeness (QED) is 0.637. The van der Waals surface area contributed by atoms with Crippen molar-refractivity contribution in [2.45, 2.75) is 6.92 Å². The van der Waals surface area contributed by atoms with Crippen LogP contribution in [-0.2, 0) is 4.79 Å². The molecule has 0 saturated carbocycles. The Balaban J connectivity index is 3.00. The lowest BCUT2D eigenvalue weighted by molar-refractivity contribution is -0.384. The fraction of sp³-hybridized carbons (Fsp3) is 0.273. The smallest absolute Gasteiger partial charge is 0.323 e. The number of nitrogens with zero attached hydrogens (tertiary/aromatic N) is 2. The Labute approximate surface area is 103 Å². The summed E-state index contributed by atoms with van der Waals surface area (Å²) in [7, 11) is 1.36. The lowest BCUT2D eigenvalue weighted by Crippen LogP contribution is -2.32. The van der Waals surface area contributed by atoms with Gasteiger partial charge in [0.05, 0.1) is 4.92 Å². The van der Waals surface area contributed by atoms with Crippen LogP contribution in [0.15, 0.2) is 18.2 Å². The van der Waals surface area contributed by atoms with Crippen molar-refractivity contribution in [1.82, 2.24) is 4.90 Å². The fourth-order valence-corrected chi connectivity index (χ4v) is 1.48. The molecular formula is C11H12N2O5. The minimum absolute atomic E-state index is 0.107. The number of aliphatic carboxylic acids is 1. The van der Waals surface area contributed by atoms with Gasteiger partial charge in [-0.3, -0.25) is 19.7 Å². The summed E-state index contributed by atoms with van der Waals surface area (Å²) in [6.45, 7) is 1.14. The highest BCUT2D eigenvalue weighted by molar-refractivity contribution is 5.97. The second-order valence-corrected chi connectivity index (χ2v) is 3.81. The number of aryl methyl sites for hydroxylation is 1. The summed E-state index contributed by atoms with van der Waals surface area (Å²) in [4.78, 5) is 33.4. The van der Waals surface area contributed by atoms with Crippen LogP contribution in [0.1, 0.15) is 15.9 Å². The van der Waals surface area contributed by atoms with Gasteiger partial charge in [-0.15, -0.1) is 0 Å². The van der Waals surface area contributed by atoms with Crippen molar-refractivity contribution < 1.29 is 19.6 Å². The van der Waals surface area contributed by atoms with Crippen molar-refractivity contribution in [3.63, 3.8) is 0 Å². The van der Waals surface area contributed by atoms with E-state index < -0.39 is 23.3 Å². The Morgan fingerprint density at radius 1 is 1.44 bits per heavy atom. The number of carboxylic acid groups (broad SMARTS) is 1. The third-order valence-electron chi connectivity index (χ3n) is 2.37. The number of carbonyl (C=O) groups is 2. The number of non-ortho nitro benzene ring substituents is 1. The predicted octanol–water partition coefficient (Wildman–Crippen LogP) is 1.06. The molecule has 0 aliphatic heterocycles. The molecule has 0 radical (unpaired) electrons. The standard InChI is InChI=1S/C11H12N2O5/c1-7-5-8(13(17)18)3-4-9(7)11(16)12(2)6-10(14)15/h3-5H,6H2,1-2H3,(H,14,15). The second kappa shape index (κ2) is 5.26. The van der Waals surface area contributed by atoms with E-state index in [1.807, 2.05) is 0 Å². The van der Waals surface area contributed by atoms with E-state index in [-0.39, 0.29) is 11.3 Å². The number of likely N-dealkylation sites (N-methyl/N-ethyl adjacent to an activating group) is 1. The molecule has 0 spiro atoms. The minimum atomic E-state index is -1.12. The number of carbonyl (C=O) groups excluding carboxylic acids is 1. The molecule has 0 unspecified atom stereocenters.